The highest BCUT2D eigenvalue weighted by Gasteiger charge is 2.14. The van der Waals surface area contributed by atoms with E-state index in [0.717, 1.165) is 24.3 Å². The van der Waals surface area contributed by atoms with Crippen molar-refractivity contribution >= 4 is 10.1 Å². The summed E-state index contributed by atoms with van der Waals surface area (Å²) in [7, 11) is -3.81. The summed E-state index contributed by atoms with van der Waals surface area (Å²) in [4.78, 5) is -0.0825. The summed E-state index contributed by atoms with van der Waals surface area (Å²) in [5, 5.41) is 0. The molecule has 0 fully saturated rings. The molecule has 0 spiro atoms. The molecule has 3 nitrogen and oxygen atoms in total. The lowest BCUT2D eigenvalue weighted by molar-refractivity contribution is 0.326. The van der Waals surface area contributed by atoms with Crippen molar-refractivity contribution in [1.82, 2.24) is 0 Å². The van der Waals surface area contributed by atoms with Gasteiger partial charge in [-0.1, -0.05) is 0 Å². The van der Waals surface area contributed by atoms with Crippen molar-refractivity contribution in [3.63, 3.8) is 0 Å². The van der Waals surface area contributed by atoms with Crippen LogP contribution < -0.4 is 0 Å². The molecule has 0 aliphatic heterocycles. The molecule has 0 aromatic heterocycles. The van der Waals surface area contributed by atoms with Crippen LogP contribution >= 0.6 is 0 Å². The third-order valence-electron chi connectivity index (χ3n) is 1.59. The fourth-order valence-corrected chi connectivity index (χ4v) is 1.79. The van der Waals surface area contributed by atoms with Crippen LogP contribution in [0.3, 0.4) is 0 Å². The average molecular weight is 228 g/mol. The van der Waals surface area contributed by atoms with Crippen LogP contribution in [0.15, 0.2) is 29.2 Å². The summed E-state index contributed by atoms with van der Waals surface area (Å²) in [6.45, 7) is -0.0732. The minimum atomic E-state index is -3.81. The Hall–Kier alpha value is -1.38. The van der Waals surface area contributed by atoms with Crippen molar-refractivity contribution in [3.05, 3.63) is 30.1 Å². The van der Waals surface area contributed by atoms with Crippen molar-refractivity contribution in [2.24, 2.45) is 0 Å². The first kappa shape index (κ1) is 11.7. The molecule has 1 rings (SSSR count). The van der Waals surface area contributed by atoms with E-state index in [4.69, 9.17) is 6.42 Å². The molecular formula is C10H9FO3S. The molecule has 0 aliphatic rings. The first-order valence-corrected chi connectivity index (χ1v) is 5.55. The molecule has 0 saturated heterocycles. The maximum absolute atomic E-state index is 12.5. The van der Waals surface area contributed by atoms with Crippen LogP contribution in [0.1, 0.15) is 6.42 Å². The van der Waals surface area contributed by atoms with Gasteiger partial charge in [-0.2, -0.15) is 8.42 Å². The molecule has 0 unspecified atom stereocenters. The molecule has 0 atom stereocenters. The lowest BCUT2D eigenvalue weighted by Crippen LogP contribution is -2.07. The van der Waals surface area contributed by atoms with E-state index in [1.54, 1.807) is 0 Å². The molecule has 15 heavy (non-hydrogen) atoms. The van der Waals surface area contributed by atoms with Crippen molar-refractivity contribution in [2.45, 2.75) is 11.3 Å². The van der Waals surface area contributed by atoms with Crippen LogP contribution in [0.2, 0.25) is 0 Å². The molecule has 0 aliphatic carbocycles. The van der Waals surface area contributed by atoms with E-state index in [1.807, 2.05) is 0 Å². The van der Waals surface area contributed by atoms with Crippen LogP contribution in [-0.4, -0.2) is 15.0 Å². The van der Waals surface area contributed by atoms with Crippen molar-refractivity contribution in [2.75, 3.05) is 6.61 Å². The Morgan fingerprint density at radius 3 is 2.47 bits per heavy atom. The first-order valence-electron chi connectivity index (χ1n) is 4.15. The third kappa shape index (κ3) is 3.35. The topological polar surface area (TPSA) is 43.4 Å². The van der Waals surface area contributed by atoms with Gasteiger partial charge in [-0.3, -0.25) is 4.18 Å². The predicted molar refractivity (Wildman–Crippen MR) is 53.0 cm³/mol. The predicted octanol–water partition coefficient (Wildman–Crippen LogP) is 1.55. The molecule has 80 valence electrons. The van der Waals surface area contributed by atoms with Crippen LogP contribution in [0.25, 0.3) is 0 Å². The fraction of sp³-hybridized carbons (Fsp3) is 0.200. The van der Waals surface area contributed by atoms with E-state index in [0.29, 0.717) is 0 Å². The normalized spacial score (nSPS) is 10.9. The maximum Gasteiger partial charge on any atom is 0.297 e. The highest BCUT2D eigenvalue weighted by Crippen LogP contribution is 2.12. The largest absolute Gasteiger partial charge is 0.297 e. The number of rotatable bonds is 4. The van der Waals surface area contributed by atoms with Crippen molar-refractivity contribution < 1.29 is 17.0 Å². The summed E-state index contributed by atoms with van der Waals surface area (Å²) in [6, 6.07) is 4.38. The van der Waals surface area contributed by atoms with Gasteiger partial charge in [0.15, 0.2) is 0 Å². The summed E-state index contributed by atoms with van der Waals surface area (Å²) in [5.74, 6) is 1.75. The van der Waals surface area contributed by atoms with Crippen molar-refractivity contribution in [3.8, 4) is 12.3 Å². The van der Waals surface area contributed by atoms with E-state index in [-0.39, 0.29) is 17.9 Å². The molecule has 0 amide bonds. The van der Waals surface area contributed by atoms with Crippen LogP contribution in [-0.2, 0) is 14.3 Å². The van der Waals surface area contributed by atoms with Gasteiger partial charge in [0.1, 0.15) is 5.82 Å². The van der Waals surface area contributed by atoms with Gasteiger partial charge in [0, 0.05) is 6.42 Å². The van der Waals surface area contributed by atoms with Gasteiger partial charge in [-0.05, 0) is 24.3 Å². The lowest BCUT2D eigenvalue weighted by atomic mass is 10.4. The van der Waals surface area contributed by atoms with Gasteiger partial charge in [-0.25, -0.2) is 4.39 Å². The standard InChI is InChI=1S/C10H9FO3S/c1-2-3-8-14-15(12,13)10-6-4-9(11)5-7-10/h1,4-7H,3,8H2. The van der Waals surface area contributed by atoms with Crippen LogP contribution in [0.5, 0.6) is 0 Å². The second-order valence-corrected chi connectivity index (χ2v) is 4.30. The van der Waals surface area contributed by atoms with E-state index in [9.17, 15) is 12.8 Å². The average Bonchev–Trinajstić information content (AvgIpc) is 2.18. The Bertz CT molecular complexity index is 456. The second kappa shape index (κ2) is 4.91. The number of benzene rings is 1. The fourth-order valence-electron chi connectivity index (χ4n) is 0.880. The maximum atomic E-state index is 12.5. The zero-order valence-corrected chi connectivity index (χ0v) is 8.63. The molecule has 0 radical (unpaired) electrons. The van der Waals surface area contributed by atoms with Gasteiger partial charge in [0.05, 0.1) is 11.5 Å². The zero-order chi connectivity index (χ0) is 11.3. The minimum absolute atomic E-state index is 0.0732. The molecule has 1 aromatic carbocycles. The van der Waals surface area contributed by atoms with Gasteiger partial charge < -0.3 is 0 Å². The number of halogens is 1. The van der Waals surface area contributed by atoms with Crippen LogP contribution in [0, 0.1) is 18.2 Å². The summed E-state index contributed by atoms with van der Waals surface area (Å²) < 4.78 is 39.9. The lowest BCUT2D eigenvalue weighted by Gasteiger charge is -2.03. The zero-order valence-electron chi connectivity index (χ0n) is 7.81. The Balaban J connectivity index is 2.79. The van der Waals surface area contributed by atoms with E-state index in [2.05, 4.69) is 10.1 Å². The van der Waals surface area contributed by atoms with Crippen molar-refractivity contribution in [1.29, 1.82) is 0 Å². The molecule has 5 heteroatoms. The SMILES string of the molecule is C#CCCOS(=O)(=O)c1ccc(F)cc1. The molecular weight excluding hydrogens is 219 g/mol. The minimum Gasteiger partial charge on any atom is -0.265 e. The van der Waals surface area contributed by atoms with Gasteiger partial charge in [-0.15, -0.1) is 12.3 Å². The molecule has 0 bridgehead atoms. The molecule has 0 N–H and O–H groups in total. The Labute approximate surface area is 88.0 Å². The van der Waals surface area contributed by atoms with Gasteiger partial charge in [0.2, 0.25) is 0 Å². The van der Waals surface area contributed by atoms with E-state index >= 15 is 0 Å². The third-order valence-corrected chi connectivity index (χ3v) is 2.91. The molecule has 0 heterocycles. The molecule has 1 aromatic rings. The monoisotopic (exact) mass is 228 g/mol. The Morgan fingerprint density at radius 1 is 1.33 bits per heavy atom. The Kier molecular flexibility index (Phi) is 3.83. The summed E-state index contributed by atoms with van der Waals surface area (Å²) >= 11 is 0. The van der Waals surface area contributed by atoms with E-state index in [1.165, 1.54) is 0 Å². The van der Waals surface area contributed by atoms with Gasteiger partial charge in [0.25, 0.3) is 10.1 Å². The van der Waals surface area contributed by atoms with E-state index < -0.39 is 15.9 Å². The number of terminal acetylenes is 1. The second-order valence-electron chi connectivity index (χ2n) is 2.68. The summed E-state index contributed by atoms with van der Waals surface area (Å²) in [6.07, 6.45) is 5.15. The highest BCUT2D eigenvalue weighted by molar-refractivity contribution is 7.86. The molecule has 0 saturated carbocycles. The van der Waals surface area contributed by atoms with Crippen LogP contribution in [0.4, 0.5) is 4.39 Å². The first-order chi connectivity index (χ1) is 7.06. The number of hydrogen-bond acceptors (Lipinski definition) is 3. The smallest absolute Gasteiger partial charge is 0.265 e. The summed E-state index contributed by atoms with van der Waals surface area (Å²) in [5.41, 5.74) is 0. The number of hydrogen-bond donors (Lipinski definition) is 0. The quantitative estimate of drug-likeness (QED) is 0.446. The van der Waals surface area contributed by atoms with Gasteiger partial charge >= 0.3 is 0 Å². The highest BCUT2D eigenvalue weighted by atomic mass is 32.2. The Morgan fingerprint density at radius 2 is 1.93 bits per heavy atom.